The van der Waals surface area contributed by atoms with Crippen molar-refractivity contribution in [3.05, 3.63) is 0 Å². The molecule has 2 unspecified atom stereocenters. The summed E-state index contributed by atoms with van der Waals surface area (Å²) < 4.78 is 0. The maximum absolute atomic E-state index is 11.2. The zero-order valence-electron chi connectivity index (χ0n) is 8.88. The van der Waals surface area contributed by atoms with E-state index in [0.717, 1.165) is 19.3 Å². The van der Waals surface area contributed by atoms with Gasteiger partial charge in [0, 0.05) is 18.3 Å². The predicted molar refractivity (Wildman–Crippen MR) is 58.8 cm³/mol. The Bertz CT molecular complexity index is 246. The quantitative estimate of drug-likeness (QED) is 0.708. The zero-order chi connectivity index (χ0) is 11.3. The van der Waals surface area contributed by atoms with E-state index in [4.69, 9.17) is 11.6 Å². The molecule has 1 fully saturated rings. The molecule has 2 N–H and O–H groups in total. The van der Waals surface area contributed by atoms with E-state index in [1.165, 1.54) is 0 Å². The highest BCUT2D eigenvalue weighted by atomic mass is 35.5. The van der Waals surface area contributed by atoms with Crippen LogP contribution < -0.4 is 10.6 Å². The molecule has 2 atom stereocenters. The lowest BCUT2D eigenvalue weighted by Gasteiger charge is -2.05. The van der Waals surface area contributed by atoms with Crippen LogP contribution in [0, 0.1) is 5.92 Å². The number of hydrogen-bond donors (Lipinski definition) is 2. The fraction of sp³-hybridized carbons (Fsp3) is 0.800. The molecule has 0 aliphatic heterocycles. The molecule has 5 heteroatoms. The largest absolute Gasteiger partial charge is 0.335 e. The van der Waals surface area contributed by atoms with Crippen molar-refractivity contribution >= 4 is 23.5 Å². The molecule has 86 valence electrons. The lowest BCUT2D eigenvalue weighted by Crippen LogP contribution is -2.41. The third-order valence-corrected chi connectivity index (χ3v) is 2.66. The Morgan fingerprint density at radius 2 is 2.20 bits per heavy atom. The molecule has 1 aliphatic rings. The Hall–Kier alpha value is -0.770. The monoisotopic (exact) mass is 232 g/mol. The Morgan fingerprint density at radius 1 is 1.47 bits per heavy atom. The van der Waals surface area contributed by atoms with Gasteiger partial charge < -0.3 is 5.32 Å². The van der Waals surface area contributed by atoms with Gasteiger partial charge in [-0.15, -0.1) is 11.6 Å². The third kappa shape index (κ3) is 4.51. The fourth-order valence-corrected chi connectivity index (χ4v) is 1.77. The summed E-state index contributed by atoms with van der Waals surface area (Å²) in [5.74, 6) is 0.514. The van der Waals surface area contributed by atoms with Gasteiger partial charge >= 0.3 is 6.03 Å². The van der Waals surface area contributed by atoms with Gasteiger partial charge in [-0.3, -0.25) is 10.1 Å². The van der Waals surface area contributed by atoms with Crippen molar-refractivity contribution in [2.24, 2.45) is 5.92 Å². The van der Waals surface area contributed by atoms with E-state index in [1.54, 1.807) is 0 Å². The van der Waals surface area contributed by atoms with E-state index in [1.807, 2.05) is 0 Å². The number of imide groups is 1. The van der Waals surface area contributed by atoms with Crippen LogP contribution in [0.3, 0.4) is 0 Å². The summed E-state index contributed by atoms with van der Waals surface area (Å²) in [5, 5.41) is 5.01. The first kappa shape index (κ1) is 12.3. The average Bonchev–Trinajstić information content (AvgIpc) is 2.84. The standard InChI is InChI=1S/C10H17ClN2O2/c1-2-3-7-6-8(7)12-10(15)13-9(14)4-5-11/h7-8H,2-6H2,1H3,(H2,12,13,14,15). The normalized spacial score (nSPS) is 23.3. The second kappa shape index (κ2) is 5.95. The van der Waals surface area contributed by atoms with Gasteiger partial charge in [0.1, 0.15) is 0 Å². The Balaban J connectivity index is 2.12. The summed E-state index contributed by atoms with van der Waals surface area (Å²) in [4.78, 5) is 22.2. The van der Waals surface area contributed by atoms with Crippen LogP contribution in [0.15, 0.2) is 0 Å². The summed E-state index contributed by atoms with van der Waals surface area (Å²) in [7, 11) is 0. The van der Waals surface area contributed by atoms with Gasteiger partial charge in [0.05, 0.1) is 0 Å². The van der Waals surface area contributed by atoms with Crippen LogP contribution in [-0.4, -0.2) is 23.9 Å². The highest BCUT2D eigenvalue weighted by Gasteiger charge is 2.37. The molecule has 0 aromatic rings. The van der Waals surface area contributed by atoms with Gasteiger partial charge in [-0.2, -0.15) is 0 Å². The van der Waals surface area contributed by atoms with Crippen LogP contribution in [0.4, 0.5) is 4.79 Å². The summed E-state index contributed by atoms with van der Waals surface area (Å²) in [5.41, 5.74) is 0. The minimum absolute atomic E-state index is 0.179. The molecule has 1 rings (SSSR count). The second-order valence-corrected chi connectivity index (χ2v) is 4.23. The summed E-state index contributed by atoms with van der Waals surface area (Å²) >= 11 is 5.37. The first-order chi connectivity index (χ1) is 7.17. The third-order valence-electron chi connectivity index (χ3n) is 2.47. The number of halogens is 1. The maximum Gasteiger partial charge on any atom is 0.321 e. The van der Waals surface area contributed by atoms with Crippen molar-refractivity contribution < 1.29 is 9.59 Å². The Morgan fingerprint density at radius 3 is 2.80 bits per heavy atom. The maximum atomic E-state index is 11.2. The van der Waals surface area contributed by atoms with Crippen LogP contribution in [-0.2, 0) is 4.79 Å². The van der Waals surface area contributed by atoms with E-state index in [-0.39, 0.29) is 24.2 Å². The molecule has 0 aromatic heterocycles. The van der Waals surface area contributed by atoms with Crippen LogP contribution in [0.5, 0.6) is 0 Å². The number of carbonyl (C=O) groups excluding carboxylic acids is 2. The Kier molecular flexibility index (Phi) is 4.88. The van der Waals surface area contributed by atoms with Gasteiger partial charge in [-0.1, -0.05) is 13.3 Å². The highest BCUT2D eigenvalue weighted by molar-refractivity contribution is 6.19. The topological polar surface area (TPSA) is 58.2 Å². The molecule has 4 nitrogen and oxygen atoms in total. The Labute approximate surface area is 94.7 Å². The average molecular weight is 233 g/mol. The summed E-state index contributed by atoms with van der Waals surface area (Å²) in [6.07, 6.45) is 3.49. The van der Waals surface area contributed by atoms with Crippen molar-refractivity contribution in [3.63, 3.8) is 0 Å². The number of carbonyl (C=O) groups is 2. The zero-order valence-corrected chi connectivity index (χ0v) is 9.64. The number of hydrogen-bond acceptors (Lipinski definition) is 2. The van der Waals surface area contributed by atoms with Crippen molar-refractivity contribution in [2.75, 3.05) is 5.88 Å². The fourth-order valence-electron chi connectivity index (χ4n) is 1.59. The molecule has 15 heavy (non-hydrogen) atoms. The smallest absolute Gasteiger partial charge is 0.321 e. The molecule has 0 heterocycles. The molecule has 0 bridgehead atoms. The lowest BCUT2D eigenvalue weighted by atomic mass is 10.2. The minimum atomic E-state index is -0.395. The SMILES string of the molecule is CCCC1CC1NC(=O)NC(=O)CCCl. The van der Waals surface area contributed by atoms with E-state index in [0.29, 0.717) is 5.92 Å². The van der Waals surface area contributed by atoms with Crippen LogP contribution in [0.2, 0.25) is 0 Å². The highest BCUT2D eigenvalue weighted by Crippen LogP contribution is 2.34. The van der Waals surface area contributed by atoms with Gasteiger partial charge in [-0.25, -0.2) is 4.79 Å². The minimum Gasteiger partial charge on any atom is -0.335 e. The van der Waals surface area contributed by atoms with Gasteiger partial charge in [-0.05, 0) is 18.8 Å². The van der Waals surface area contributed by atoms with Gasteiger partial charge in [0.25, 0.3) is 0 Å². The van der Waals surface area contributed by atoms with Crippen LogP contribution >= 0.6 is 11.6 Å². The van der Waals surface area contributed by atoms with Crippen molar-refractivity contribution in [1.82, 2.24) is 10.6 Å². The summed E-state index contributed by atoms with van der Waals surface area (Å²) in [6.45, 7) is 2.12. The van der Waals surface area contributed by atoms with E-state index >= 15 is 0 Å². The van der Waals surface area contributed by atoms with Crippen molar-refractivity contribution in [1.29, 1.82) is 0 Å². The number of alkyl halides is 1. The summed E-state index contributed by atoms with van der Waals surface area (Å²) in [6, 6.07) is -0.137. The molecular weight excluding hydrogens is 216 g/mol. The van der Waals surface area contributed by atoms with Crippen LogP contribution in [0.1, 0.15) is 32.6 Å². The lowest BCUT2D eigenvalue weighted by molar-refractivity contribution is -0.119. The van der Waals surface area contributed by atoms with Crippen LogP contribution in [0.25, 0.3) is 0 Å². The predicted octanol–water partition coefficient (Wildman–Crippen LogP) is 1.63. The number of urea groups is 1. The van der Waals surface area contributed by atoms with Crippen molar-refractivity contribution in [2.45, 2.75) is 38.6 Å². The molecule has 1 aliphatic carbocycles. The van der Waals surface area contributed by atoms with E-state index in [2.05, 4.69) is 17.6 Å². The second-order valence-electron chi connectivity index (χ2n) is 3.85. The molecule has 0 radical (unpaired) electrons. The number of rotatable bonds is 5. The molecule has 0 spiro atoms. The van der Waals surface area contributed by atoms with Gasteiger partial charge in [0.2, 0.25) is 5.91 Å². The molecular formula is C10H17ClN2O2. The van der Waals surface area contributed by atoms with E-state index < -0.39 is 6.03 Å². The first-order valence-corrected chi connectivity index (χ1v) is 5.87. The first-order valence-electron chi connectivity index (χ1n) is 5.33. The number of nitrogens with one attached hydrogen (secondary N) is 2. The van der Waals surface area contributed by atoms with Gasteiger partial charge in [0.15, 0.2) is 0 Å². The molecule has 3 amide bonds. The number of amides is 3. The van der Waals surface area contributed by atoms with E-state index in [9.17, 15) is 9.59 Å². The van der Waals surface area contributed by atoms with Crippen molar-refractivity contribution in [3.8, 4) is 0 Å². The molecule has 0 saturated heterocycles. The molecule has 1 saturated carbocycles. The molecule has 0 aromatic carbocycles.